The lowest BCUT2D eigenvalue weighted by Gasteiger charge is -2.01. The number of carbonyl (C=O) groups is 1. The quantitative estimate of drug-likeness (QED) is 0.796. The van der Waals surface area contributed by atoms with Crippen molar-refractivity contribution in [3.8, 4) is 0 Å². The largest absolute Gasteiger partial charge is 0.465 e. The number of H-pyrrole nitrogens is 1. The minimum absolute atomic E-state index is 0.315. The first-order chi connectivity index (χ1) is 7.79. The summed E-state index contributed by atoms with van der Waals surface area (Å²) in [7, 11) is 1.37. The average Bonchev–Trinajstić information content (AvgIpc) is 2.82. The van der Waals surface area contributed by atoms with Gasteiger partial charge in [-0.2, -0.15) is 0 Å². The maximum atomic E-state index is 11.2. The van der Waals surface area contributed by atoms with Crippen molar-refractivity contribution in [3.05, 3.63) is 53.6 Å². The van der Waals surface area contributed by atoms with Crippen LogP contribution in [-0.4, -0.2) is 23.0 Å². The minimum atomic E-state index is -0.315. The molecule has 0 saturated heterocycles. The first-order valence-electron chi connectivity index (χ1n) is 4.95. The van der Waals surface area contributed by atoms with Gasteiger partial charge >= 0.3 is 5.97 Å². The van der Waals surface area contributed by atoms with Crippen LogP contribution in [0.2, 0.25) is 0 Å². The third kappa shape index (κ3) is 2.28. The van der Waals surface area contributed by atoms with Crippen LogP contribution in [0.3, 0.4) is 0 Å². The third-order valence-electron chi connectivity index (χ3n) is 2.30. The molecule has 0 aliphatic carbocycles. The van der Waals surface area contributed by atoms with Crippen molar-refractivity contribution < 1.29 is 9.53 Å². The molecule has 0 bridgehead atoms. The molecule has 0 aliphatic heterocycles. The Labute approximate surface area is 93.3 Å². The van der Waals surface area contributed by atoms with Crippen molar-refractivity contribution in [2.24, 2.45) is 0 Å². The lowest BCUT2D eigenvalue weighted by atomic mass is 10.1. The fraction of sp³-hybridized carbons (Fsp3) is 0.167. The van der Waals surface area contributed by atoms with Crippen LogP contribution >= 0.6 is 0 Å². The number of nitrogens with zero attached hydrogens (tertiary/aromatic N) is 1. The number of benzene rings is 1. The van der Waals surface area contributed by atoms with Gasteiger partial charge in [0.05, 0.1) is 12.7 Å². The molecule has 0 unspecified atom stereocenters. The Hall–Kier alpha value is -2.10. The molecule has 2 aromatic rings. The lowest BCUT2D eigenvalue weighted by Crippen LogP contribution is -2.01. The summed E-state index contributed by atoms with van der Waals surface area (Å²) in [5.74, 6) is 0.593. The summed E-state index contributed by atoms with van der Waals surface area (Å²) in [6.07, 6.45) is 4.24. The molecule has 1 heterocycles. The number of rotatable bonds is 3. The Morgan fingerprint density at radius 1 is 1.38 bits per heavy atom. The summed E-state index contributed by atoms with van der Waals surface area (Å²) in [5.41, 5.74) is 1.66. The maximum Gasteiger partial charge on any atom is 0.337 e. The molecule has 82 valence electrons. The van der Waals surface area contributed by atoms with E-state index in [1.165, 1.54) is 7.11 Å². The average molecular weight is 216 g/mol. The number of aromatic amines is 1. The highest BCUT2D eigenvalue weighted by molar-refractivity contribution is 5.89. The highest BCUT2D eigenvalue weighted by Crippen LogP contribution is 2.08. The van der Waals surface area contributed by atoms with Gasteiger partial charge in [-0.25, -0.2) is 9.78 Å². The van der Waals surface area contributed by atoms with Gasteiger partial charge in [-0.05, 0) is 17.7 Å². The van der Waals surface area contributed by atoms with Gasteiger partial charge in [-0.3, -0.25) is 0 Å². The molecule has 4 nitrogen and oxygen atoms in total. The predicted molar refractivity (Wildman–Crippen MR) is 59.2 cm³/mol. The zero-order chi connectivity index (χ0) is 11.4. The standard InChI is InChI=1S/C12H12N2O2/c1-16-12(15)10-4-2-9(3-5-10)8-11-13-6-7-14-11/h2-7H,8H2,1H3,(H,13,14). The zero-order valence-electron chi connectivity index (χ0n) is 8.93. The van der Waals surface area contributed by atoms with Crippen LogP contribution in [0.4, 0.5) is 0 Å². The minimum Gasteiger partial charge on any atom is -0.465 e. The smallest absolute Gasteiger partial charge is 0.337 e. The van der Waals surface area contributed by atoms with Crippen molar-refractivity contribution in [1.29, 1.82) is 0 Å². The number of aromatic nitrogens is 2. The van der Waals surface area contributed by atoms with E-state index in [1.807, 2.05) is 12.1 Å². The van der Waals surface area contributed by atoms with E-state index in [0.29, 0.717) is 5.56 Å². The normalized spacial score (nSPS) is 10.1. The first kappa shape index (κ1) is 10.4. The van der Waals surface area contributed by atoms with Gasteiger partial charge in [-0.15, -0.1) is 0 Å². The van der Waals surface area contributed by atoms with E-state index in [1.54, 1.807) is 24.5 Å². The molecule has 0 amide bonds. The van der Waals surface area contributed by atoms with Crippen LogP contribution in [0, 0.1) is 0 Å². The Balaban J connectivity index is 2.10. The highest BCUT2D eigenvalue weighted by atomic mass is 16.5. The number of esters is 1. The second-order valence-electron chi connectivity index (χ2n) is 3.40. The molecule has 16 heavy (non-hydrogen) atoms. The summed E-state index contributed by atoms with van der Waals surface area (Å²) >= 11 is 0. The molecule has 2 rings (SSSR count). The number of hydrogen-bond acceptors (Lipinski definition) is 3. The Bertz CT molecular complexity index is 460. The van der Waals surface area contributed by atoms with Crippen molar-refractivity contribution in [2.45, 2.75) is 6.42 Å². The Morgan fingerprint density at radius 2 is 2.12 bits per heavy atom. The van der Waals surface area contributed by atoms with E-state index in [0.717, 1.165) is 17.8 Å². The monoisotopic (exact) mass is 216 g/mol. The molecule has 0 aliphatic rings. The predicted octanol–water partition coefficient (Wildman–Crippen LogP) is 1.79. The van der Waals surface area contributed by atoms with Gasteiger partial charge in [0.25, 0.3) is 0 Å². The van der Waals surface area contributed by atoms with Gasteiger partial charge in [0, 0.05) is 18.8 Å². The number of ether oxygens (including phenoxy) is 1. The Kier molecular flexibility index (Phi) is 3.00. The molecule has 0 atom stereocenters. The topological polar surface area (TPSA) is 55.0 Å². The summed E-state index contributed by atoms with van der Waals surface area (Å²) < 4.78 is 4.62. The van der Waals surface area contributed by atoms with E-state index < -0.39 is 0 Å². The van der Waals surface area contributed by atoms with Crippen LogP contribution < -0.4 is 0 Å². The van der Waals surface area contributed by atoms with E-state index in [2.05, 4.69) is 14.7 Å². The number of nitrogens with one attached hydrogen (secondary N) is 1. The molecule has 1 aromatic heterocycles. The highest BCUT2D eigenvalue weighted by Gasteiger charge is 2.04. The van der Waals surface area contributed by atoms with E-state index in [4.69, 9.17) is 0 Å². The summed E-state index contributed by atoms with van der Waals surface area (Å²) in [6, 6.07) is 7.30. The third-order valence-corrected chi connectivity index (χ3v) is 2.30. The SMILES string of the molecule is COC(=O)c1ccc(Cc2ncc[nH]2)cc1. The molecule has 0 radical (unpaired) electrons. The summed E-state index contributed by atoms with van der Waals surface area (Å²) in [6.45, 7) is 0. The van der Waals surface area contributed by atoms with Gasteiger partial charge in [0.1, 0.15) is 5.82 Å². The van der Waals surface area contributed by atoms with Crippen LogP contribution in [-0.2, 0) is 11.2 Å². The van der Waals surface area contributed by atoms with Gasteiger partial charge in [0.15, 0.2) is 0 Å². The number of hydrogen-bond donors (Lipinski definition) is 1. The molecule has 4 heteroatoms. The first-order valence-corrected chi connectivity index (χ1v) is 4.95. The molecule has 0 fully saturated rings. The van der Waals surface area contributed by atoms with E-state index in [-0.39, 0.29) is 5.97 Å². The lowest BCUT2D eigenvalue weighted by molar-refractivity contribution is 0.0601. The van der Waals surface area contributed by atoms with Crippen LogP contribution in [0.1, 0.15) is 21.7 Å². The maximum absolute atomic E-state index is 11.2. The molecule has 0 spiro atoms. The van der Waals surface area contributed by atoms with Crippen LogP contribution in [0.15, 0.2) is 36.7 Å². The summed E-state index contributed by atoms with van der Waals surface area (Å²) in [4.78, 5) is 18.4. The molecular formula is C12H12N2O2. The van der Waals surface area contributed by atoms with Crippen molar-refractivity contribution in [1.82, 2.24) is 9.97 Å². The summed E-state index contributed by atoms with van der Waals surface area (Å²) in [5, 5.41) is 0. The Morgan fingerprint density at radius 3 is 2.69 bits per heavy atom. The fourth-order valence-electron chi connectivity index (χ4n) is 1.46. The van der Waals surface area contributed by atoms with Crippen molar-refractivity contribution in [2.75, 3.05) is 7.11 Å². The van der Waals surface area contributed by atoms with Crippen LogP contribution in [0.5, 0.6) is 0 Å². The van der Waals surface area contributed by atoms with Crippen molar-refractivity contribution >= 4 is 5.97 Å². The second-order valence-corrected chi connectivity index (χ2v) is 3.40. The van der Waals surface area contributed by atoms with Crippen molar-refractivity contribution in [3.63, 3.8) is 0 Å². The zero-order valence-corrected chi connectivity index (χ0v) is 8.93. The van der Waals surface area contributed by atoms with Gasteiger partial charge in [0.2, 0.25) is 0 Å². The number of imidazole rings is 1. The molecular weight excluding hydrogens is 204 g/mol. The van der Waals surface area contributed by atoms with E-state index in [9.17, 15) is 4.79 Å². The number of methoxy groups -OCH3 is 1. The fourth-order valence-corrected chi connectivity index (χ4v) is 1.46. The number of carbonyl (C=O) groups excluding carboxylic acids is 1. The van der Waals surface area contributed by atoms with Gasteiger partial charge in [-0.1, -0.05) is 12.1 Å². The molecule has 0 saturated carbocycles. The molecule has 1 N–H and O–H groups in total. The van der Waals surface area contributed by atoms with Gasteiger partial charge < -0.3 is 9.72 Å². The van der Waals surface area contributed by atoms with Crippen LogP contribution in [0.25, 0.3) is 0 Å². The molecule has 1 aromatic carbocycles. The van der Waals surface area contributed by atoms with E-state index >= 15 is 0 Å². The second kappa shape index (κ2) is 4.61.